The normalized spacial score (nSPS) is 14.6. The molecule has 0 unspecified atom stereocenters. The van der Waals surface area contributed by atoms with Crippen LogP contribution in [0, 0.1) is 5.82 Å². The van der Waals surface area contributed by atoms with Gasteiger partial charge >= 0.3 is 0 Å². The molecule has 2 aromatic carbocycles. The van der Waals surface area contributed by atoms with Gasteiger partial charge in [-0.05, 0) is 50.2 Å². The summed E-state index contributed by atoms with van der Waals surface area (Å²) in [5, 5.41) is 5.54. The molecule has 142 valence electrons. The molecule has 0 aromatic heterocycles. The maximum atomic E-state index is 13.8. The minimum absolute atomic E-state index is 0.0576. The number of piperidine rings is 1. The molecule has 2 amide bonds. The number of amides is 2. The van der Waals surface area contributed by atoms with Crippen molar-refractivity contribution in [1.29, 1.82) is 0 Å². The first kappa shape index (κ1) is 19.0. The van der Waals surface area contributed by atoms with Crippen LogP contribution in [0.3, 0.4) is 0 Å². The summed E-state index contributed by atoms with van der Waals surface area (Å²) in [6.07, 6.45) is 3.69. The molecule has 27 heavy (non-hydrogen) atoms. The molecular weight excluding hydrogens is 345 g/mol. The van der Waals surface area contributed by atoms with Crippen LogP contribution >= 0.6 is 0 Å². The number of rotatable bonds is 6. The number of likely N-dealkylation sites (tertiary alicyclic amines) is 1. The molecule has 1 heterocycles. The van der Waals surface area contributed by atoms with E-state index < -0.39 is 11.7 Å². The largest absolute Gasteiger partial charge is 0.351 e. The van der Waals surface area contributed by atoms with E-state index in [1.54, 1.807) is 30.3 Å². The highest BCUT2D eigenvalue weighted by Crippen LogP contribution is 2.17. The van der Waals surface area contributed by atoms with E-state index in [1.165, 1.54) is 37.5 Å². The molecular formula is C21H24FN3O2. The second-order valence-corrected chi connectivity index (χ2v) is 6.64. The molecule has 0 atom stereocenters. The van der Waals surface area contributed by atoms with Crippen LogP contribution in [0.5, 0.6) is 0 Å². The van der Waals surface area contributed by atoms with Gasteiger partial charge in [-0.25, -0.2) is 4.39 Å². The van der Waals surface area contributed by atoms with Gasteiger partial charge in [0.05, 0.1) is 16.8 Å². The van der Waals surface area contributed by atoms with Gasteiger partial charge in [-0.1, -0.05) is 30.7 Å². The maximum Gasteiger partial charge on any atom is 0.258 e. The van der Waals surface area contributed by atoms with Crippen molar-refractivity contribution >= 4 is 17.5 Å². The van der Waals surface area contributed by atoms with Gasteiger partial charge in [-0.15, -0.1) is 0 Å². The summed E-state index contributed by atoms with van der Waals surface area (Å²) in [4.78, 5) is 27.2. The van der Waals surface area contributed by atoms with Crippen LogP contribution in [-0.2, 0) is 0 Å². The third-order valence-corrected chi connectivity index (χ3v) is 4.70. The Kier molecular flexibility index (Phi) is 6.54. The van der Waals surface area contributed by atoms with Crippen LogP contribution in [0.15, 0.2) is 48.5 Å². The monoisotopic (exact) mass is 369 g/mol. The van der Waals surface area contributed by atoms with Gasteiger partial charge in [-0.3, -0.25) is 9.59 Å². The summed E-state index contributed by atoms with van der Waals surface area (Å²) >= 11 is 0. The molecule has 0 radical (unpaired) electrons. The average molecular weight is 369 g/mol. The smallest absolute Gasteiger partial charge is 0.258 e. The lowest BCUT2D eigenvalue weighted by molar-refractivity contribution is 0.0947. The fourth-order valence-corrected chi connectivity index (χ4v) is 3.23. The number of halogens is 1. The van der Waals surface area contributed by atoms with E-state index in [-0.39, 0.29) is 11.5 Å². The van der Waals surface area contributed by atoms with Gasteiger partial charge in [0.25, 0.3) is 11.8 Å². The van der Waals surface area contributed by atoms with Crippen LogP contribution in [0.1, 0.15) is 40.0 Å². The van der Waals surface area contributed by atoms with E-state index >= 15 is 0 Å². The number of nitrogens with one attached hydrogen (secondary N) is 2. The van der Waals surface area contributed by atoms with Gasteiger partial charge in [0, 0.05) is 13.1 Å². The van der Waals surface area contributed by atoms with Crippen LogP contribution in [0.25, 0.3) is 0 Å². The highest BCUT2D eigenvalue weighted by molar-refractivity contribution is 6.09. The zero-order chi connectivity index (χ0) is 19.1. The Labute approximate surface area is 158 Å². The van der Waals surface area contributed by atoms with E-state index in [0.29, 0.717) is 17.8 Å². The van der Waals surface area contributed by atoms with E-state index in [4.69, 9.17) is 0 Å². The van der Waals surface area contributed by atoms with Crippen molar-refractivity contribution < 1.29 is 14.0 Å². The fraction of sp³-hybridized carbons (Fsp3) is 0.333. The molecule has 0 saturated carbocycles. The van der Waals surface area contributed by atoms with Crippen molar-refractivity contribution in [1.82, 2.24) is 10.2 Å². The lowest BCUT2D eigenvalue weighted by Gasteiger charge is -2.26. The Morgan fingerprint density at radius 1 is 0.889 bits per heavy atom. The SMILES string of the molecule is O=C(Nc1ccccc1C(=O)NCCN1CCCCC1)c1ccccc1F. The third-order valence-electron chi connectivity index (χ3n) is 4.70. The van der Waals surface area contributed by atoms with Gasteiger partial charge in [0.15, 0.2) is 0 Å². The van der Waals surface area contributed by atoms with Crippen molar-refractivity contribution in [3.05, 3.63) is 65.5 Å². The molecule has 0 aliphatic carbocycles. The molecule has 1 aliphatic rings. The maximum absolute atomic E-state index is 13.8. The molecule has 0 spiro atoms. The van der Waals surface area contributed by atoms with Crippen molar-refractivity contribution in [2.24, 2.45) is 0 Å². The van der Waals surface area contributed by atoms with Gasteiger partial charge in [-0.2, -0.15) is 0 Å². The van der Waals surface area contributed by atoms with Gasteiger partial charge in [0.2, 0.25) is 0 Å². The van der Waals surface area contributed by atoms with Crippen LogP contribution in [-0.4, -0.2) is 42.9 Å². The predicted molar refractivity (Wildman–Crippen MR) is 103 cm³/mol. The average Bonchev–Trinajstić information content (AvgIpc) is 2.69. The lowest BCUT2D eigenvalue weighted by Crippen LogP contribution is -2.37. The quantitative estimate of drug-likeness (QED) is 0.821. The lowest BCUT2D eigenvalue weighted by atomic mass is 10.1. The van der Waals surface area contributed by atoms with E-state index in [2.05, 4.69) is 15.5 Å². The summed E-state index contributed by atoms with van der Waals surface area (Å²) in [5.41, 5.74) is 0.667. The van der Waals surface area contributed by atoms with Gasteiger partial charge in [0.1, 0.15) is 5.82 Å². The molecule has 3 rings (SSSR count). The highest BCUT2D eigenvalue weighted by atomic mass is 19.1. The van der Waals surface area contributed by atoms with E-state index in [1.807, 2.05) is 0 Å². The van der Waals surface area contributed by atoms with Crippen LogP contribution in [0.4, 0.5) is 10.1 Å². The first-order chi connectivity index (χ1) is 13.1. The summed E-state index contributed by atoms with van der Waals surface area (Å²) in [7, 11) is 0. The molecule has 1 fully saturated rings. The van der Waals surface area contributed by atoms with E-state index in [0.717, 1.165) is 19.6 Å². The highest BCUT2D eigenvalue weighted by Gasteiger charge is 2.16. The summed E-state index contributed by atoms with van der Waals surface area (Å²) < 4.78 is 13.8. The van der Waals surface area contributed by atoms with Crippen LogP contribution < -0.4 is 10.6 Å². The number of anilines is 1. The third kappa shape index (κ3) is 5.14. The van der Waals surface area contributed by atoms with E-state index in [9.17, 15) is 14.0 Å². The zero-order valence-corrected chi connectivity index (χ0v) is 15.2. The molecule has 2 N–H and O–H groups in total. The molecule has 0 bridgehead atoms. The fourth-order valence-electron chi connectivity index (χ4n) is 3.23. The standard InChI is InChI=1S/C21H24FN3O2/c22-18-10-4-2-8-16(18)21(27)24-19-11-5-3-9-17(19)20(26)23-12-15-25-13-6-1-7-14-25/h2-5,8-11H,1,6-7,12-15H2,(H,23,26)(H,24,27). The molecule has 5 nitrogen and oxygen atoms in total. The second kappa shape index (κ2) is 9.28. The zero-order valence-electron chi connectivity index (χ0n) is 15.2. The Bertz CT molecular complexity index is 804. The summed E-state index contributed by atoms with van der Waals surface area (Å²) in [6.45, 7) is 3.51. The Morgan fingerprint density at radius 3 is 2.30 bits per heavy atom. The molecule has 6 heteroatoms. The van der Waals surface area contributed by atoms with Gasteiger partial charge < -0.3 is 15.5 Å². The number of carbonyl (C=O) groups is 2. The first-order valence-corrected chi connectivity index (χ1v) is 9.30. The topological polar surface area (TPSA) is 61.4 Å². The second-order valence-electron chi connectivity index (χ2n) is 6.64. The Morgan fingerprint density at radius 2 is 1.56 bits per heavy atom. The number of para-hydroxylation sites is 1. The number of benzene rings is 2. The first-order valence-electron chi connectivity index (χ1n) is 9.30. The Hall–Kier alpha value is -2.73. The number of nitrogens with zero attached hydrogens (tertiary/aromatic N) is 1. The number of hydrogen-bond donors (Lipinski definition) is 2. The molecule has 1 aliphatic heterocycles. The minimum Gasteiger partial charge on any atom is -0.351 e. The minimum atomic E-state index is -0.599. The summed E-state index contributed by atoms with van der Waals surface area (Å²) in [5.74, 6) is -1.43. The van der Waals surface area contributed by atoms with Crippen molar-refractivity contribution in [3.63, 3.8) is 0 Å². The van der Waals surface area contributed by atoms with Crippen molar-refractivity contribution in [3.8, 4) is 0 Å². The molecule has 2 aromatic rings. The van der Waals surface area contributed by atoms with Crippen molar-refractivity contribution in [2.45, 2.75) is 19.3 Å². The Balaban J connectivity index is 1.62. The van der Waals surface area contributed by atoms with Crippen LogP contribution in [0.2, 0.25) is 0 Å². The number of carbonyl (C=O) groups excluding carboxylic acids is 2. The molecule has 1 saturated heterocycles. The predicted octanol–water partition coefficient (Wildman–Crippen LogP) is 3.29. The number of hydrogen-bond acceptors (Lipinski definition) is 3. The summed E-state index contributed by atoms with van der Waals surface area (Å²) in [6, 6.07) is 12.5. The van der Waals surface area contributed by atoms with Crippen molar-refractivity contribution in [2.75, 3.05) is 31.5 Å².